The molecule has 0 saturated heterocycles. The maximum atomic E-state index is 13.7. The van der Waals surface area contributed by atoms with Gasteiger partial charge in [0, 0.05) is 5.56 Å². The lowest BCUT2D eigenvalue weighted by molar-refractivity contribution is -0.148. The van der Waals surface area contributed by atoms with Gasteiger partial charge in [0.2, 0.25) is 5.82 Å². The van der Waals surface area contributed by atoms with Crippen molar-refractivity contribution in [1.29, 1.82) is 0 Å². The molecule has 3 aromatic rings. The number of hydrogen-bond donors (Lipinski definition) is 0. The smallest absolute Gasteiger partial charge is 0.311 e. The van der Waals surface area contributed by atoms with Crippen LogP contribution in [0.3, 0.4) is 0 Å². The summed E-state index contributed by atoms with van der Waals surface area (Å²) in [5.41, 5.74) is 1.61. The predicted octanol–water partition coefficient (Wildman–Crippen LogP) is 4.17. The van der Waals surface area contributed by atoms with E-state index >= 15 is 0 Å². The van der Waals surface area contributed by atoms with Gasteiger partial charge in [0.25, 0.3) is 5.89 Å². The van der Waals surface area contributed by atoms with E-state index in [-0.39, 0.29) is 29.8 Å². The lowest BCUT2D eigenvalue weighted by Gasteiger charge is -2.09. The fourth-order valence-corrected chi connectivity index (χ4v) is 2.31. The number of rotatable bonds is 5. The third-order valence-corrected chi connectivity index (χ3v) is 3.79. The van der Waals surface area contributed by atoms with Crippen molar-refractivity contribution in [2.75, 3.05) is 0 Å². The molecule has 2 aromatic carbocycles. The summed E-state index contributed by atoms with van der Waals surface area (Å²) in [5, 5.41) is 3.79. The number of carbonyl (C=O) groups is 1. The third kappa shape index (κ3) is 4.11. The van der Waals surface area contributed by atoms with Crippen LogP contribution in [0, 0.1) is 18.6 Å². The van der Waals surface area contributed by atoms with Crippen LogP contribution in [0.5, 0.6) is 0 Å². The van der Waals surface area contributed by atoms with E-state index in [1.54, 1.807) is 26.0 Å². The Labute approximate surface area is 148 Å². The van der Waals surface area contributed by atoms with Crippen LogP contribution in [-0.4, -0.2) is 16.1 Å². The fourth-order valence-electron chi connectivity index (χ4n) is 2.31. The highest BCUT2D eigenvalue weighted by Crippen LogP contribution is 2.22. The highest BCUT2D eigenvalue weighted by molar-refractivity contribution is 5.72. The molecule has 0 aliphatic rings. The number of benzene rings is 2. The molecule has 134 valence electrons. The summed E-state index contributed by atoms with van der Waals surface area (Å²) < 4.78 is 36.9. The highest BCUT2D eigenvalue weighted by atomic mass is 19.1. The molecule has 0 spiro atoms. The summed E-state index contributed by atoms with van der Waals surface area (Å²) in [6, 6.07) is 10.2. The van der Waals surface area contributed by atoms with Gasteiger partial charge in [0.05, 0.1) is 6.42 Å². The van der Waals surface area contributed by atoms with E-state index in [1.807, 2.05) is 0 Å². The fraction of sp³-hybridized carbons (Fsp3) is 0.211. The molecule has 1 unspecified atom stereocenters. The predicted molar refractivity (Wildman–Crippen MR) is 89.0 cm³/mol. The Bertz CT molecular complexity index is 923. The summed E-state index contributed by atoms with van der Waals surface area (Å²) in [6.07, 6.45) is -0.770. The number of carbonyl (C=O) groups excluding carboxylic acids is 1. The zero-order chi connectivity index (χ0) is 18.7. The van der Waals surface area contributed by atoms with E-state index in [4.69, 9.17) is 9.26 Å². The number of aryl methyl sites for hydroxylation is 1. The Morgan fingerprint density at radius 2 is 1.92 bits per heavy atom. The van der Waals surface area contributed by atoms with E-state index in [0.717, 1.165) is 0 Å². The zero-order valence-corrected chi connectivity index (χ0v) is 14.2. The molecule has 0 bridgehead atoms. The number of nitrogens with zero attached hydrogens (tertiary/aromatic N) is 2. The van der Waals surface area contributed by atoms with Gasteiger partial charge in [-0.1, -0.05) is 29.4 Å². The van der Waals surface area contributed by atoms with Gasteiger partial charge in [0.15, 0.2) is 6.10 Å². The molecule has 0 aliphatic carbocycles. The molecule has 5 nitrogen and oxygen atoms in total. The summed E-state index contributed by atoms with van der Waals surface area (Å²) in [7, 11) is 0. The van der Waals surface area contributed by atoms with Crippen molar-refractivity contribution in [3.05, 3.63) is 71.1 Å². The molecule has 0 radical (unpaired) electrons. The molecule has 0 aliphatic heterocycles. The zero-order valence-electron chi connectivity index (χ0n) is 14.2. The third-order valence-electron chi connectivity index (χ3n) is 3.79. The number of halogens is 2. The quantitative estimate of drug-likeness (QED) is 0.641. The van der Waals surface area contributed by atoms with Crippen molar-refractivity contribution in [3.63, 3.8) is 0 Å². The Kier molecular flexibility index (Phi) is 5.06. The van der Waals surface area contributed by atoms with Gasteiger partial charge in [-0.2, -0.15) is 4.98 Å². The molecule has 0 N–H and O–H groups in total. The molecule has 0 amide bonds. The first kappa shape index (κ1) is 17.7. The van der Waals surface area contributed by atoms with Crippen LogP contribution < -0.4 is 0 Å². The number of hydrogen-bond acceptors (Lipinski definition) is 5. The molecule has 3 rings (SSSR count). The van der Waals surface area contributed by atoms with Crippen molar-refractivity contribution in [1.82, 2.24) is 10.1 Å². The SMILES string of the molecule is Cc1ccc(-c2noc(C(C)OC(=O)Cc3ccc(F)cc3)n2)cc1F. The molecule has 0 saturated carbocycles. The Morgan fingerprint density at radius 1 is 1.19 bits per heavy atom. The molecule has 1 heterocycles. The second kappa shape index (κ2) is 7.43. The first-order chi connectivity index (χ1) is 12.4. The van der Waals surface area contributed by atoms with Gasteiger partial charge in [-0.3, -0.25) is 4.79 Å². The topological polar surface area (TPSA) is 65.2 Å². The van der Waals surface area contributed by atoms with E-state index < -0.39 is 12.1 Å². The summed E-state index contributed by atoms with van der Waals surface area (Å²) in [6.45, 7) is 3.25. The Morgan fingerprint density at radius 3 is 2.62 bits per heavy atom. The van der Waals surface area contributed by atoms with Gasteiger partial charge in [-0.15, -0.1) is 0 Å². The maximum absolute atomic E-state index is 13.7. The van der Waals surface area contributed by atoms with E-state index in [1.165, 1.54) is 30.3 Å². The minimum atomic E-state index is -0.764. The van der Waals surface area contributed by atoms with Crippen molar-refractivity contribution in [3.8, 4) is 11.4 Å². The minimum Gasteiger partial charge on any atom is -0.452 e. The monoisotopic (exact) mass is 358 g/mol. The largest absolute Gasteiger partial charge is 0.452 e. The molecular formula is C19H16F2N2O3. The summed E-state index contributed by atoms with van der Waals surface area (Å²) in [4.78, 5) is 16.1. The first-order valence-electron chi connectivity index (χ1n) is 7.96. The first-order valence-corrected chi connectivity index (χ1v) is 7.96. The van der Waals surface area contributed by atoms with Gasteiger partial charge in [-0.05, 0) is 43.2 Å². The average molecular weight is 358 g/mol. The Hall–Kier alpha value is -3.09. The standard InChI is InChI=1S/C19H16F2N2O3/c1-11-3-6-14(10-16(11)21)18-22-19(26-23-18)12(2)25-17(24)9-13-4-7-15(20)8-5-13/h3-8,10,12H,9H2,1-2H3. The van der Waals surface area contributed by atoms with Crippen LogP contribution in [0.25, 0.3) is 11.4 Å². The van der Waals surface area contributed by atoms with Crippen LogP contribution in [0.15, 0.2) is 47.0 Å². The van der Waals surface area contributed by atoms with Crippen molar-refractivity contribution in [2.24, 2.45) is 0 Å². The number of esters is 1. The highest BCUT2D eigenvalue weighted by Gasteiger charge is 2.20. The van der Waals surface area contributed by atoms with Gasteiger partial charge < -0.3 is 9.26 Å². The van der Waals surface area contributed by atoms with Crippen molar-refractivity contribution >= 4 is 5.97 Å². The lowest BCUT2D eigenvalue weighted by atomic mass is 10.1. The second-order valence-electron chi connectivity index (χ2n) is 5.86. The van der Waals surface area contributed by atoms with Crippen LogP contribution in [0.1, 0.15) is 30.0 Å². The van der Waals surface area contributed by atoms with Gasteiger partial charge >= 0.3 is 5.97 Å². The summed E-state index contributed by atoms with van der Waals surface area (Å²) in [5.74, 6) is -0.937. The Balaban J connectivity index is 1.65. The maximum Gasteiger partial charge on any atom is 0.311 e. The summed E-state index contributed by atoms with van der Waals surface area (Å²) >= 11 is 0. The van der Waals surface area contributed by atoms with E-state index in [9.17, 15) is 13.6 Å². The van der Waals surface area contributed by atoms with Gasteiger partial charge in [0.1, 0.15) is 11.6 Å². The molecule has 7 heteroatoms. The van der Waals surface area contributed by atoms with Crippen molar-refractivity contribution < 1.29 is 22.8 Å². The molecule has 1 atom stereocenters. The van der Waals surface area contributed by atoms with Crippen LogP contribution in [0.4, 0.5) is 8.78 Å². The van der Waals surface area contributed by atoms with Crippen LogP contribution in [-0.2, 0) is 16.0 Å². The van der Waals surface area contributed by atoms with Gasteiger partial charge in [-0.25, -0.2) is 8.78 Å². The minimum absolute atomic E-state index is 0.00517. The molecular weight excluding hydrogens is 342 g/mol. The average Bonchev–Trinajstić information content (AvgIpc) is 3.09. The lowest BCUT2D eigenvalue weighted by Crippen LogP contribution is -2.11. The second-order valence-corrected chi connectivity index (χ2v) is 5.86. The normalized spacial score (nSPS) is 12.0. The molecule has 0 fully saturated rings. The van der Waals surface area contributed by atoms with E-state index in [2.05, 4.69) is 10.1 Å². The van der Waals surface area contributed by atoms with E-state index in [0.29, 0.717) is 16.7 Å². The van der Waals surface area contributed by atoms with Crippen molar-refractivity contribution in [2.45, 2.75) is 26.4 Å². The van der Waals surface area contributed by atoms with Crippen LogP contribution >= 0.6 is 0 Å². The number of aromatic nitrogens is 2. The molecule has 1 aromatic heterocycles. The number of ether oxygens (including phenoxy) is 1. The molecule has 26 heavy (non-hydrogen) atoms. The van der Waals surface area contributed by atoms with Crippen LogP contribution in [0.2, 0.25) is 0 Å².